The first kappa shape index (κ1) is 22.9. The van der Waals surface area contributed by atoms with Crippen molar-refractivity contribution >= 4 is 17.7 Å². The average Bonchev–Trinajstić information content (AvgIpc) is 3.20. The van der Waals surface area contributed by atoms with E-state index in [9.17, 15) is 4.79 Å². The van der Waals surface area contributed by atoms with Crippen LogP contribution in [0.15, 0.2) is 102 Å². The van der Waals surface area contributed by atoms with Crippen molar-refractivity contribution in [2.24, 2.45) is 10.9 Å². The molecule has 5 heteroatoms. The summed E-state index contributed by atoms with van der Waals surface area (Å²) in [6.45, 7) is 4.87. The number of amides is 1. The van der Waals surface area contributed by atoms with E-state index in [0.29, 0.717) is 12.5 Å². The van der Waals surface area contributed by atoms with Crippen LogP contribution in [0.2, 0.25) is 0 Å². The van der Waals surface area contributed by atoms with Crippen LogP contribution >= 0.6 is 0 Å². The van der Waals surface area contributed by atoms with Gasteiger partial charge in [0.25, 0.3) is 0 Å². The second-order valence-corrected chi connectivity index (χ2v) is 9.05. The van der Waals surface area contributed by atoms with Gasteiger partial charge < -0.3 is 14.8 Å². The van der Waals surface area contributed by atoms with Crippen molar-refractivity contribution in [2.75, 3.05) is 6.61 Å². The Balaban J connectivity index is 1.57. The molecule has 0 radical (unpaired) electrons. The molecule has 0 bridgehead atoms. The van der Waals surface area contributed by atoms with Crippen LogP contribution in [0.4, 0.5) is 10.5 Å². The summed E-state index contributed by atoms with van der Waals surface area (Å²) in [6.07, 6.45) is 3.78. The molecule has 0 fully saturated rings. The topological polar surface area (TPSA) is 59.9 Å². The predicted molar refractivity (Wildman–Crippen MR) is 138 cm³/mol. The van der Waals surface area contributed by atoms with Crippen LogP contribution in [0.3, 0.4) is 0 Å². The summed E-state index contributed by atoms with van der Waals surface area (Å²) in [5.41, 5.74) is 3.35. The van der Waals surface area contributed by atoms with Gasteiger partial charge in [-0.2, -0.15) is 0 Å². The minimum Gasteiger partial charge on any atom is -0.480 e. The van der Waals surface area contributed by atoms with E-state index in [0.717, 1.165) is 16.8 Å². The second kappa shape index (κ2) is 9.79. The summed E-state index contributed by atoms with van der Waals surface area (Å²) >= 11 is 0. The molecule has 1 aliphatic heterocycles. The number of benzene rings is 3. The molecule has 4 atom stereocenters. The van der Waals surface area contributed by atoms with Gasteiger partial charge >= 0.3 is 6.09 Å². The second-order valence-electron chi connectivity index (χ2n) is 9.05. The fourth-order valence-electron chi connectivity index (χ4n) is 5.57. The number of aliphatic imine (C=N–C) groups is 1. The Morgan fingerprint density at radius 3 is 2.37 bits per heavy atom. The summed E-state index contributed by atoms with van der Waals surface area (Å²) < 4.78 is 11.9. The predicted octanol–water partition coefficient (Wildman–Crippen LogP) is 6.29. The van der Waals surface area contributed by atoms with Gasteiger partial charge in [0.1, 0.15) is 12.0 Å². The van der Waals surface area contributed by atoms with E-state index in [1.165, 1.54) is 5.56 Å². The number of hydrogen-bond acceptors (Lipinski definition) is 4. The Kier molecular flexibility index (Phi) is 6.41. The van der Waals surface area contributed by atoms with Gasteiger partial charge in [0.15, 0.2) is 0 Å². The highest BCUT2D eigenvalue weighted by molar-refractivity contribution is 5.99. The van der Waals surface area contributed by atoms with Crippen LogP contribution in [-0.2, 0) is 21.5 Å². The van der Waals surface area contributed by atoms with Crippen molar-refractivity contribution in [1.82, 2.24) is 5.32 Å². The molecule has 3 aromatic carbocycles. The molecule has 35 heavy (non-hydrogen) atoms. The first-order valence-electron chi connectivity index (χ1n) is 12.2. The van der Waals surface area contributed by atoms with Crippen molar-refractivity contribution in [3.05, 3.63) is 114 Å². The lowest BCUT2D eigenvalue weighted by molar-refractivity contribution is 0.130. The Morgan fingerprint density at radius 2 is 1.63 bits per heavy atom. The lowest BCUT2D eigenvalue weighted by Crippen LogP contribution is -2.59. The first-order valence-corrected chi connectivity index (χ1v) is 12.2. The SMILES string of the molecule is CCOC1=Nc2ccccc2[C@@]12[C@@H](NC(=O)OCc1ccccc1)C=C[C@@H](C)[C@@H]2c1ccccc1. The fourth-order valence-corrected chi connectivity index (χ4v) is 5.57. The number of rotatable bonds is 5. The van der Waals surface area contributed by atoms with Crippen molar-refractivity contribution in [2.45, 2.75) is 37.8 Å². The van der Waals surface area contributed by atoms with Crippen LogP contribution in [-0.4, -0.2) is 24.6 Å². The molecule has 1 heterocycles. The first-order chi connectivity index (χ1) is 17.1. The average molecular weight is 467 g/mol. The van der Waals surface area contributed by atoms with Crippen LogP contribution < -0.4 is 5.32 Å². The molecule has 1 aliphatic carbocycles. The Bertz CT molecular complexity index is 1240. The molecule has 5 rings (SSSR count). The van der Waals surface area contributed by atoms with Crippen LogP contribution in [0.1, 0.15) is 36.5 Å². The largest absolute Gasteiger partial charge is 0.480 e. The number of carbonyl (C=O) groups is 1. The van der Waals surface area contributed by atoms with Gasteiger partial charge in [0.05, 0.1) is 18.3 Å². The molecule has 0 unspecified atom stereocenters. The maximum Gasteiger partial charge on any atom is 0.407 e. The normalized spacial score (nSPS) is 24.5. The van der Waals surface area contributed by atoms with Gasteiger partial charge in [-0.1, -0.05) is 97.9 Å². The van der Waals surface area contributed by atoms with E-state index in [1.807, 2.05) is 61.5 Å². The lowest BCUT2D eigenvalue weighted by Gasteiger charge is -2.48. The van der Waals surface area contributed by atoms with Crippen LogP contribution in [0.5, 0.6) is 0 Å². The van der Waals surface area contributed by atoms with E-state index < -0.39 is 17.6 Å². The summed E-state index contributed by atoms with van der Waals surface area (Å²) in [4.78, 5) is 18.0. The highest BCUT2D eigenvalue weighted by Crippen LogP contribution is 2.56. The standard InChI is InChI=1S/C30H30N2O3/c1-3-34-28-30(24-16-10-11-17-25(24)31-28)26(32-29(33)35-20-22-12-6-4-7-13-22)19-18-21(2)27(30)23-14-8-5-9-15-23/h4-19,21,26-27H,3,20H2,1-2H3,(H,32,33)/t21-,26+,27-,30+/m1/s1. The summed E-state index contributed by atoms with van der Waals surface area (Å²) in [5, 5.41) is 3.16. The van der Waals surface area contributed by atoms with Crippen LogP contribution in [0, 0.1) is 5.92 Å². The maximum absolute atomic E-state index is 13.1. The number of nitrogens with one attached hydrogen (secondary N) is 1. The van der Waals surface area contributed by atoms with E-state index in [1.54, 1.807) is 0 Å². The molecule has 2 aliphatic rings. The van der Waals surface area contributed by atoms with E-state index in [4.69, 9.17) is 14.5 Å². The number of ether oxygens (including phenoxy) is 2. The minimum absolute atomic E-state index is 0.00192. The van der Waals surface area contributed by atoms with Crippen molar-refractivity contribution < 1.29 is 14.3 Å². The van der Waals surface area contributed by atoms with E-state index >= 15 is 0 Å². The van der Waals surface area contributed by atoms with Crippen LogP contribution in [0.25, 0.3) is 0 Å². The van der Waals surface area contributed by atoms with Gasteiger partial charge in [-0.25, -0.2) is 9.79 Å². The Morgan fingerprint density at radius 1 is 0.943 bits per heavy atom. The molecule has 1 spiro atoms. The Labute approximate surface area is 206 Å². The van der Waals surface area contributed by atoms with Crippen molar-refractivity contribution in [3.63, 3.8) is 0 Å². The monoisotopic (exact) mass is 466 g/mol. The molecule has 0 aromatic heterocycles. The molecular weight excluding hydrogens is 436 g/mol. The molecule has 0 saturated heterocycles. The fraction of sp³-hybridized carbons (Fsp3) is 0.267. The van der Waals surface area contributed by atoms with Crippen molar-refractivity contribution in [1.29, 1.82) is 0 Å². The molecule has 3 aromatic rings. The quantitative estimate of drug-likeness (QED) is 0.450. The lowest BCUT2D eigenvalue weighted by atomic mass is 9.57. The van der Waals surface area contributed by atoms with Crippen molar-refractivity contribution in [3.8, 4) is 0 Å². The molecule has 0 saturated carbocycles. The highest BCUT2D eigenvalue weighted by atomic mass is 16.5. The number of nitrogens with zero attached hydrogens (tertiary/aromatic N) is 1. The van der Waals surface area contributed by atoms with Gasteiger partial charge in [-0.05, 0) is 35.6 Å². The molecule has 178 valence electrons. The minimum atomic E-state index is -0.701. The highest BCUT2D eigenvalue weighted by Gasteiger charge is 2.59. The number of fused-ring (bicyclic) bond motifs is 2. The number of alkyl carbamates (subject to hydrolysis) is 1. The van der Waals surface area contributed by atoms with Gasteiger partial charge in [0, 0.05) is 5.92 Å². The number of allylic oxidation sites excluding steroid dienone is 1. The van der Waals surface area contributed by atoms with E-state index in [2.05, 4.69) is 54.7 Å². The van der Waals surface area contributed by atoms with Gasteiger partial charge in [-0.3, -0.25) is 0 Å². The molecular formula is C30H30N2O3. The van der Waals surface area contributed by atoms with Gasteiger partial charge in [0.2, 0.25) is 5.90 Å². The van der Waals surface area contributed by atoms with Gasteiger partial charge in [-0.15, -0.1) is 0 Å². The van der Waals surface area contributed by atoms with E-state index in [-0.39, 0.29) is 18.4 Å². The zero-order valence-electron chi connectivity index (χ0n) is 20.1. The number of hydrogen-bond donors (Lipinski definition) is 1. The zero-order chi connectivity index (χ0) is 24.3. The third-order valence-corrected chi connectivity index (χ3v) is 6.97. The zero-order valence-corrected chi connectivity index (χ0v) is 20.1. The molecule has 1 amide bonds. The third-order valence-electron chi connectivity index (χ3n) is 6.97. The number of para-hydroxylation sites is 1. The smallest absolute Gasteiger partial charge is 0.407 e. The summed E-state index contributed by atoms with van der Waals surface area (Å²) in [5.74, 6) is 0.828. The maximum atomic E-state index is 13.1. The third kappa shape index (κ3) is 4.12. The molecule has 1 N–H and O–H groups in total. The summed E-state index contributed by atoms with van der Waals surface area (Å²) in [7, 11) is 0. The number of carbonyl (C=O) groups excluding carboxylic acids is 1. The summed E-state index contributed by atoms with van der Waals surface area (Å²) in [6, 6.07) is 27.9. The Hall–Kier alpha value is -3.86. The molecule has 5 nitrogen and oxygen atoms in total.